The standard InChI is InChI=1S/C15H22ClFN4O3S/c1-4-5-25-14-20-12(16)7(18)13(21-14)19-8-6(17)9(22)11-10(8)23-15(2,3)24-11/h6,8-11,22H,4-5,18H2,1-3H3,(H,19,20,21). The van der Waals surface area contributed by atoms with Crippen LogP contribution < -0.4 is 11.1 Å². The van der Waals surface area contributed by atoms with Gasteiger partial charge in [0.2, 0.25) is 0 Å². The van der Waals surface area contributed by atoms with Gasteiger partial charge in [-0.1, -0.05) is 30.3 Å². The highest BCUT2D eigenvalue weighted by Gasteiger charge is 2.59. The summed E-state index contributed by atoms with van der Waals surface area (Å²) in [5.74, 6) is 0.156. The third-order valence-corrected chi connectivity index (χ3v) is 5.48. The number of anilines is 2. The fraction of sp³-hybridized carbons (Fsp3) is 0.733. The van der Waals surface area contributed by atoms with Crippen molar-refractivity contribution in [3.05, 3.63) is 5.15 Å². The highest BCUT2D eigenvalue weighted by atomic mass is 35.5. The van der Waals surface area contributed by atoms with Crippen LogP contribution in [0.1, 0.15) is 27.2 Å². The van der Waals surface area contributed by atoms with Gasteiger partial charge in [0, 0.05) is 5.75 Å². The summed E-state index contributed by atoms with van der Waals surface area (Å²) in [4.78, 5) is 8.45. The van der Waals surface area contributed by atoms with E-state index in [0.717, 1.165) is 12.2 Å². The number of rotatable bonds is 5. The lowest BCUT2D eigenvalue weighted by Crippen LogP contribution is -2.40. The number of aliphatic hydroxyl groups is 1. The molecule has 1 aliphatic carbocycles. The van der Waals surface area contributed by atoms with Crippen molar-refractivity contribution in [3.63, 3.8) is 0 Å². The summed E-state index contributed by atoms with van der Waals surface area (Å²) < 4.78 is 25.9. The summed E-state index contributed by atoms with van der Waals surface area (Å²) in [7, 11) is 0. The van der Waals surface area contributed by atoms with E-state index in [9.17, 15) is 9.50 Å². The van der Waals surface area contributed by atoms with Crippen molar-refractivity contribution >= 4 is 34.9 Å². The maximum absolute atomic E-state index is 14.6. The molecule has 0 spiro atoms. The number of fused-ring (bicyclic) bond motifs is 1. The van der Waals surface area contributed by atoms with Crippen LogP contribution in [0, 0.1) is 0 Å². The molecule has 1 saturated heterocycles. The Hall–Kier alpha value is -0.870. The lowest BCUT2D eigenvalue weighted by Gasteiger charge is -2.25. The molecule has 1 aromatic heterocycles. The average molecular weight is 393 g/mol. The Morgan fingerprint density at radius 1 is 1.36 bits per heavy atom. The number of nitrogen functional groups attached to an aromatic ring is 1. The number of nitrogens with two attached hydrogens (primary N) is 1. The van der Waals surface area contributed by atoms with Gasteiger partial charge in [-0.3, -0.25) is 0 Å². The second-order valence-electron chi connectivity index (χ2n) is 6.58. The molecule has 0 radical (unpaired) electrons. The Labute approximate surface area is 154 Å². The van der Waals surface area contributed by atoms with Crippen LogP contribution in [0.5, 0.6) is 0 Å². The SMILES string of the molecule is CCCSc1nc(Cl)c(N)c(NC2C(F)C(O)C3OC(C)(C)OC23)n1. The van der Waals surface area contributed by atoms with Crippen molar-refractivity contribution < 1.29 is 19.0 Å². The molecular weight excluding hydrogens is 371 g/mol. The largest absolute Gasteiger partial charge is 0.393 e. The van der Waals surface area contributed by atoms with Crippen LogP contribution in [0.25, 0.3) is 0 Å². The molecule has 140 valence electrons. The van der Waals surface area contributed by atoms with Gasteiger partial charge in [0.15, 0.2) is 28.1 Å². The van der Waals surface area contributed by atoms with E-state index >= 15 is 0 Å². The van der Waals surface area contributed by atoms with E-state index in [1.165, 1.54) is 11.8 Å². The van der Waals surface area contributed by atoms with Crippen molar-refractivity contribution in [2.24, 2.45) is 0 Å². The highest BCUT2D eigenvalue weighted by Crippen LogP contribution is 2.41. The van der Waals surface area contributed by atoms with Crippen LogP contribution in [0.2, 0.25) is 5.15 Å². The second-order valence-corrected chi connectivity index (χ2v) is 8.00. The number of halogens is 2. The molecule has 4 N–H and O–H groups in total. The first-order chi connectivity index (χ1) is 11.7. The number of thioether (sulfide) groups is 1. The number of aliphatic hydroxyl groups excluding tert-OH is 1. The van der Waals surface area contributed by atoms with E-state index in [1.807, 2.05) is 6.92 Å². The van der Waals surface area contributed by atoms with Crippen molar-refractivity contribution in [1.82, 2.24) is 9.97 Å². The maximum atomic E-state index is 14.6. The fourth-order valence-corrected chi connectivity index (χ4v) is 3.96. The van der Waals surface area contributed by atoms with Gasteiger partial charge in [-0.2, -0.15) is 0 Å². The number of ether oxygens (including phenoxy) is 2. The van der Waals surface area contributed by atoms with Gasteiger partial charge in [-0.05, 0) is 20.3 Å². The zero-order valence-corrected chi connectivity index (χ0v) is 15.8. The summed E-state index contributed by atoms with van der Waals surface area (Å²) in [6.45, 7) is 5.48. The van der Waals surface area contributed by atoms with Crippen molar-refractivity contribution in [2.75, 3.05) is 16.8 Å². The minimum absolute atomic E-state index is 0.102. The highest BCUT2D eigenvalue weighted by molar-refractivity contribution is 7.99. The Morgan fingerprint density at radius 3 is 2.72 bits per heavy atom. The number of hydrogen-bond acceptors (Lipinski definition) is 8. The third-order valence-electron chi connectivity index (χ3n) is 4.14. The minimum atomic E-state index is -1.59. The molecule has 0 amide bonds. The Bertz CT molecular complexity index is 653. The molecule has 5 unspecified atom stereocenters. The quantitative estimate of drug-likeness (QED) is 0.398. The van der Waals surface area contributed by atoms with E-state index in [2.05, 4.69) is 15.3 Å². The van der Waals surface area contributed by atoms with Crippen LogP contribution in [0.15, 0.2) is 5.16 Å². The van der Waals surface area contributed by atoms with Gasteiger partial charge in [-0.25, -0.2) is 14.4 Å². The van der Waals surface area contributed by atoms with E-state index in [-0.39, 0.29) is 16.7 Å². The molecule has 2 heterocycles. The predicted octanol–water partition coefficient (Wildman–Crippen LogP) is 2.23. The molecular formula is C15H22ClFN4O3S. The van der Waals surface area contributed by atoms with Gasteiger partial charge in [0.1, 0.15) is 24.0 Å². The van der Waals surface area contributed by atoms with Gasteiger partial charge >= 0.3 is 0 Å². The molecule has 25 heavy (non-hydrogen) atoms. The van der Waals surface area contributed by atoms with E-state index < -0.39 is 36.3 Å². The first-order valence-electron chi connectivity index (χ1n) is 8.13. The molecule has 10 heteroatoms. The van der Waals surface area contributed by atoms with Gasteiger partial charge < -0.3 is 25.6 Å². The third kappa shape index (κ3) is 3.66. The zero-order chi connectivity index (χ0) is 18.4. The Balaban J connectivity index is 1.85. The lowest BCUT2D eigenvalue weighted by atomic mass is 10.2. The first kappa shape index (κ1) is 18.9. The maximum Gasteiger partial charge on any atom is 0.191 e. The fourth-order valence-electron chi connectivity index (χ4n) is 3.04. The van der Waals surface area contributed by atoms with Crippen LogP contribution >= 0.6 is 23.4 Å². The number of aromatic nitrogens is 2. The average Bonchev–Trinajstić information content (AvgIpc) is 2.97. The van der Waals surface area contributed by atoms with Crippen LogP contribution in [0.3, 0.4) is 0 Å². The Kier molecular flexibility index (Phi) is 5.32. The van der Waals surface area contributed by atoms with Crippen LogP contribution in [-0.4, -0.2) is 57.1 Å². The second kappa shape index (κ2) is 7.03. The molecule has 5 atom stereocenters. The predicted molar refractivity (Wildman–Crippen MR) is 94.6 cm³/mol. The number of nitrogens with one attached hydrogen (secondary N) is 1. The summed E-state index contributed by atoms with van der Waals surface area (Å²) >= 11 is 7.51. The van der Waals surface area contributed by atoms with Crippen molar-refractivity contribution in [1.29, 1.82) is 0 Å². The molecule has 1 aromatic rings. The van der Waals surface area contributed by atoms with E-state index in [0.29, 0.717) is 5.16 Å². The molecule has 1 aliphatic heterocycles. The van der Waals surface area contributed by atoms with Gasteiger partial charge in [0.25, 0.3) is 0 Å². The van der Waals surface area contributed by atoms with Crippen molar-refractivity contribution in [2.45, 2.75) is 68.7 Å². The Morgan fingerprint density at radius 2 is 2.04 bits per heavy atom. The number of nitrogens with zero attached hydrogens (tertiary/aromatic N) is 2. The molecule has 0 bridgehead atoms. The monoisotopic (exact) mass is 392 g/mol. The zero-order valence-electron chi connectivity index (χ0n) is 14.2. The summed E-state index contributed by atoms with van der Waals surface area (Å²) in [6, 6.07) is -0.862. The summed E-state index contributed by atoms with van der Waals surface area (Å²) in [5, 5.41) is 13.6. The molecule has 3 rings (SSSR count). The normalized spacial score (nSPS) is 33.4. The molecule has 1 saturated carbocycles. The van der Waals surface area contributed by atoms with E-state index in [1.54, 1.807) is 13.8 Å². The molecule has 0 aromatic carbocycles. The van der Waals surface area contributed by atoms with Gasteiger partial charge in [-0.15, -0.1) is 0 Å². The first-order valence-corrected chi connectivity index (χ1v) is 9.50. The topological polar surface area (TPSA) is 103 Å². The molecule has 2 aliphatic rings. The number of alkyl halides is 1. The van der Waals surface area contributed by atoms with Crippen LogP contribution in [-0.2, 0) is 9.47 Å². The van der Waals surface area contributed by atoms with Crippen molar-refractivity contribution in [3.8, 4) is 0 Å². The van der Waals surface area contributed by atoms with E-state index in [4.69, 9.17) is 26.8 Å². The minimum Gasteiger partial charge on any atom is -0.393 e. The lowest BCUT2D eigenvalue weighted by molar-refractivity contribution is -0.169. The molecule has 7 nitrogen and oxygen atoms in total. The molecule has 2 fully saturated rings. The smallest absolute Gasteiger partial charge is 0.191 e. The summed E-state index contributed by atoms with van der Waals surface area (Å²) in [5.41, 5.74) is 6.07. The van der Waals surface area contributed by atoms with Crippen LogP contribution in [0.4, 0.5) is 15.9 Å². The summed E-state index contributed by atoms with van der Waals surface area (Å²) in [6.07, 6.45) is -3.36. The number of hydrogen-bond donors (Lipinski definition) is 3. The van der Waals surface area contributed by atoms with Gasteiger partial charge in [0.05, 0.1) is 6.04 Å².